The molecule has 1 rings (SSSR count). The van der Waals surface area contributed by atoms with E-state index in [1.54, 1.807) is 6.92 Å². The van der Waals surface area contributed by atoms with Gasteiger partial charge < -0.3 is 10.4 Å². The Kier molecular flexibility index (Phi) is 4.23. The number of carbonyl (C=O) groups excluding carboxylic acids is 1. The van der Waals surface area contributed by atoms with Gasteiger partial charge in [0.05, 0.1) is 11.7 Å². The van der Waals surface area contributed by atoms with Crippen molar-refractivity contribution in [2.75, 3.05) is 6.54 Å². The van der Waals surface area contributed by atoms with Crippen molar-refractivity contribution >= 4 is 21.8 Å². The molecule has 1 atom stereocenters. The fraction of sp³-hybridized carbons (Fsp3) is 0.300. The molecular weight excluding hydrogens is 265 g/mol. The highest BCUT2D eigenvalue weighted by Crippen LogP contribution is 2.17. The van der Waals surface area contributed by atoms with Gasteiger partial charge in [-0.2, -0.15) is 0 Å². The average Bonchev–Trinajstić information content (AvgIpc) is 2.18. The van der Waals surface area contributed by atoms with Crippen molar-refractivity contribution in [3.63, 3.8) is 0 Å². The minimum absolute atomic E-state index is 0.141. The summed E-state index contributed by atoms with van der Waals surface area (Å²) in [5.74, 6) is -0.886. The SMILES string of the molecule is C[C@@H](O)CNC(=O)c1cc(F)ccc1Br. The molecule has 0 saturated heterocycles. The van der Waals surface area contributed by atoms with Crippen LogP contribution < -0.4 is 5.32 Å². The summed E-state index contributed by atoms with van der Waals surface area (Å²) in [6.45, 7) is 1.70. The summed E-state index contributed by atoms with van der Waals surface area (Å²) in [4.78, 5) is 11.5. The molecule has 15 heavy (non-hydrogen) atoms. The zero-order valence-corrected chi connectivity index (χ0v) is 9.71. The molecule has 0 aliphatic rings. The predicted molar refractivity (Wildman–Crippen MR) is 58.1 cm³/mol. The average molecular weight is 276 g/mol. The van der Waals surface area contributed by atoms with Crippen LogP contribution in [0.1, 0.15) is 17.3 Å². The van der Waals surface area contributed by atoms with E-state index < -0.39 is 17.8 Å². The first-order chi connectivity index (χ1) is 7.00. The van der Waals surface area contributed by atoms with Gasteiger partial charge in [0.25, 0.3) is 5.91 Å². The van der Waals surface area contributed by atoms with Crippen molar-refractivity contribution in [2.45, 2.75) is 13.0 Å². The molecule has 0 saturated carbocycles. The van der Waals surface area contributed by atoms with Crippen LogP contribution in [-0.4, -0.2) is 23.7 Å². The Hall–Kier alpha value is -0.940. The van der Waals surface area contributed by atoms with Gasteiger partial charge in [-0.05, 0) is 41.1 Å². The number of aliphatic hydroxyl groups excluding tert-OH is 1. The normalized spacial score (nSPS) is 12.3. The van der Waals surface area contributed by atoms with Crippen molar-refractivity contribution in [2.24, 2.45) is 0 Å². The fourth-order valence-corrected chi connectivity index (χ4v) is 1.43. The smallest absolute Gasteiger partial charge is 0.252 e. The molecule has 5 heteroatoms. The Labute approximate surface area is 95.4 Å². The molecule has 1 aromatic rings. The highest BCUT2D eigenvalue weighted by Gasteiger charge is 2.11. The molecule has 0 aliphatic heterocycles. The number of nitrogens with one attached hydrogen (secondary N) is 1. The molecule has 0 radical (unpaired) electrons. The fourth-order valence-electron chi connectivity index (χ4n) is 1.01. The van der Waals surface area contributed by atoms with Gasteiger partial charge in [-0.15, -0.1) is 0 Å². The second kappa shape index (κ2) is 5.23. The molecule has 2 N–H and O–H groups in total. The van der Waals surface area contributed by atoms with E-state index in [4.69, 9.17) is 5.11 Å². The first kappa shape index (κ1) is 12.1. The van der Waals surface area contributed by atoms with E-state index in [0.29, 0.717) is 4.47 Å². The van der Waals surface area contributed by atoms with Gasteiger partial charge in [-0.25, -0.2) is 4.39 Å². The topological polar surface area (TPSA) is 49.3 Å². The van der Waals surface area contributed by atoms with E-state index >= 15 is 0 Å². The predicted octanol–water partition coefficient (Wildman–Crippen LogP) is 1.70. The summed E-state index contributed by atoms with van der Waals surface area (Å²) in [5, 5.41) is 11.5. The van der Waals surface area contributed by atoms with Crippen LogP contribution in [0.2, 0.25) is 0 Å². The lowest BCUT2D eigenvalue weighted by molar-refractivity contribution is 0.0923. The second-order valence-electron chi connectivity index (χ2n) is 3.18. The van der Waals surface area contributed by atoms with E-state index in [0.717, 1.165) is 6.07 Å². The number of amides is 1. The maximum atomic E-state index is 12.9. The Bertz CT molecular complexity index is 368. The number of halogens is 2. The van der Waals surface area contributed by atoms with Crippen LogP contribution in [0.25, 0.3) is 0 Å². The van der Waals surface area contributed by atoms with Crippen molar-refractivity contribution in [3.05, 3.63) is 34.1 Å². The maximum Gasteiger partial charge on any atom is 0.252 e. The number of hydrogen-bond acceptors (Lipinski definition) is 2. The van der Waals surface area contributed by atoms with Gasteiger partial charge in [0.2, 0.25) is 0 Å². The van der Waals surface area contributed by atoms with Gasteiger partial charge in [0.15, 0.2) is 0 Å². The molecule has 0 aliphatic carbocycles. The summed E-state index contributed by atoms with van der Waals surface area (Å²) in [6, 6.07) is 3.86. The number of aliphatic hydroxyl groups is 1. The summed E-state index contributed by atoms with van der Waals surface area (Å²) in [5.41, 5.74) is 0.218. The van der Waals surface area contributed by atoms with Crippen molar-refractivity contribution in [1.29, 1.82) is 0 Å². The minimum atomic E-state index is -0.624. The Morgan fingerprint density at radius 1 is 1.67 bits per heavy atom. The minimum Gasteiger partial charge on any atom is -0.392 e. The standard InChI is InChI=1S/C10H11BrFNO2/c1-6(14)5-13-10(15)8-4-7(12)2-3-9(8)11/h2-4,6,14H,5H2,1H3,(H,13,15)/t6-/m1/s1. The van der Waals surface area contributed by atoms with Crippen LogP contribution in [0.5, 0.6) is 0 Å². The van der Waals surface area contributed by atoms with E-state index in [1.165, 1.54) is 12.1 Å². The third-order valence-corrected chi connectivity index (χ3v) is 2.42. The third-order valence-electron chi connectivity index (χ3n) is 1.73. The summed E-state index contributed by atoms with van der Waals surface area (Å²) >= 11 is 3.15. The van der Waals surface area contributed by atoms with Crippen LogP contribution >= 0.6 is 15.9 Å². The molecule has 0 bridgehead atoms. The zero-order chi connectivity index (χ0) is 11.4. The van der Waals surface area contributed by atoms with Crippen LogP contribution in [-0.2, 0) is 0 Å². The molecule has 0 unspecified atom stereocenters. The number of rotatable bonds is 3. The number of hydrogen-bond donors (Lipinski definition) is 2. The maximum absolute atomic E-state index is 12.9. The zero-order valence-electron chi connectivity index (χ0n) is 8.13. The van der Waals surface area contributed by atoms with Gasteiger partial charge in [-0.3, -0.25) is 4.79 Å². The lowest BCUT2D eigenvalue weighted by Crippen LogP contribution is -2.30. The summed E-state index contributed by atoms with van der Waals surface area (Å²) in [7, 11) is 0. The first-order valence-corrected chi connectivity index (χ1v) is 5.21. The molecule has 0 heterocycles. The van der Waals surface area contributed by atoms with Crippen molar-refractivity contribution in [3.8, 4) is 0 Å². The molecule has 82 valence electrons. The van der Waals surface area contributed by atoms with Gasteiger partial charge >= 0.3 is 0 Å². The van der Waals surface area contributed by atoms with Crippen LogP contribution in [0.4, 0.5) is 4.39 Å². The Morgan fingerprint density at radius 2 is 2.33 bits per heavy atom. The van der Waals surface area contributed by atoms with Crippen LogP contribution in [0, 0.1) is 5.82 Å². The van der Waals surface area contributed by atoms with Crippen LogP contribution in [0.3, 0.4) is 0 Å². The van der Waals surface area contributed by atoms with E-state index in [9.17, 15) is 9.18 Å². The molecule has 0 spiro atoms. The third kappa shape index (κ3) is 3.60. The van der Waals surface area contributed by atoms with Crippen LogP contribution in [0.15, 0.2) is 22.7 Å². The monoisotopic (exact) mass is 275 g/mol. The molecule has 0 aromatic heterocycles. The Morgan fingerprint density at radius 3 is 2.93 bits per heavy atom. The molecular formula is C10H11BrFNO2. The summed E-state index contributed by atoms with van der Waals surface area (Å²) in [6.07, 6.45) is -0.624. The largest absolute Gasteiger partial charge is 0.392 e. The van der Waals surface area contributed by atoms with E-state index in [-0.39, 0.29) is 12.1 Å². The Balaban J connectivity index is 2.77. The van der Waals surface area contributed by atoms with Gasteiger partial charge in [-0.1, -0.05) is 0 Å². The lowest BCUT2D eigenvalue weighted by Gasteiger charge is -2.08. The lowest BCUT2D eigenvalue weighted by atomic mass is 10.2. The van der Waals surface area contributed by atoms with Gasteiger partial charge in [0.1, 0.15) is 5.82 Å². The molecule has 3 nitrogen and oxygen atoms in total. The second-order valence-corrected chi connectivity index (χ2v) is 4.04. The van der Waals surface area contributed by atoms with Crippen molar-refractivity contribution < 1.29 is 14.3 Å². The first-order valence-electron chi connectivity index (χ1n) is 4.42. The number of carbonyl (C=O) groups is 1. The van der Waals surface area contributed by atoms with Crippen molar-refractivity contribution in [1.82, 2.24) is 5.32 Å². The molecule has 1 aromatic carbocycles. The molecule has 0 fully saturated rings. The molecule has 1 amide bonds. The highest BCUT2D eigenvalue weighted by molar-refractivity contribution is 9.10. The summed E-state index contributed by atoms with van der Waals surface area (Å²) < 4.78 is 13.4. The number of benzene rings is 1. The highest BCUT2D eigenvalue weighted by atomic mass is 79.9. The van der Waals surface area contributed by atoms with Gasteiger partial charge in [0, 0.05) is 11.0 Å². The van der Waals surface area contributed by atoms with E-state index in [1.807, 2.05) is 0 Å². The quantitative estimate of drug-likeness (QED) is 0.882. The van der Waals surface area contributed by atoms with E-state index in [2.05, 4.69) is 21.2 Å².